The van der Waals surface area contributed by atoms with Crippen LogP contribution in [-0.2, 0) is 0 Å². The van der Waals surface area contributed by atoms with Crippen molar-refractivity contribution < 1.29 is 13.9 Å². The van der Waals surface area contributed by atoms with Crippen LogP contribution in [0.3, 0.4) is 0 Å². The van der Waals surface area contributed by atoms with Gasteiger partial charge in [-0.1, -0.05) is 12.1 Å². The second-order valence-corrected chi connectivity index (χ2v) is 5.88. The van der Waals surface area contributed by atoms with Crippen molar-refractivity contribution in [2.24, 2.45) is 0 Å². The smallest absolute Gasteiger partial charge is 0.176 e. The molecule has 0 aliphatic rings. The van der Waals surface area contributed by atoms with Gasteiger partial charge < -0.3 is 4.74 Å². The van der Waals surface area contributed by atoms with Crippen molar-refractivity contribution in [1.82, 2.24) is 0 Å². The number of para-hydroxylation sites is 1. The topological polar surface area (TPSA) is 26.3 Å². The zero-order valence-corrected chi connectivity index (χ0v) is 12.8. The number of Topliss-reactive ketones (excluding diaryl/α,β-unsaturated/α-hetero) is 1. The summed E-state index contributed by atoms with van der Waals surface area (Å²) in [6, 6.07) is 13.4. The highest BCUT2D eigenvalue weighted by molar-refractivity contribution is 8.00. The fourth-order valence-electron chi connectivity index (χ4n) is 1.81. The summed E-state index contributed by atoms with van der Waals surface area (Å²) in [7, 11) is 0. The van der Waals surface area contributed by atoms with E-state index in [0.29, 0.717) is 17.1 Å². The molecule has 0 saturated heterocycles. The van der Waals surface area contributed by atoms with Crippen LogP contribution < -0.4 is 4.74 Å². The molecule has 0 radical (unpaired) electrons. The van der Waals surface area contributed by atoms with Gasteiger partial charge in [-0.05, 0) is 50.2 Å². The summed E-state index contributed by atoms with van der Waals surface area (Å²) in [6.45, 7) is 3.85. The van der Waals surface area contributed by atoms with E-state index < -0.39 is 0 Å². The van der Waals surface area contributed by atoms with Gasteiger partial charge in [0.2, 0.25) is 0 Å². The fraction of sp³-hybridized carbons (Fsp3) is 0.235. The molecular formula is C17H17FO2S. The van der Waals surface area contributed by atoms with Gasteiger partial charge in [-0.2, -0.15) is 0 Å². The van der Waals surface area contributed by atoms with Crippen molar-refractivity contribution in [3.63, 3.8) is 0 Å². The lowest BCUT2D eigenvalue weighted by Crippen LogP contribution is -2.11. The minimum Gasteiger partial charge on any atom is -0.490 e. The molecule has 0 N–H and O–H groups in total. The first-order valence-electron chi connectivity index (χ1n) is 6.73. The Morgan fingerprint density at radius 3 is 2.48 bits per heavy atom. The van der Waals surface area contributed by atoms with Crippen molar-refractivity contribution in [3.05, 3.63) is 59.9 Å². The van der Waals surface area contributed by atoms with Crippen LogP contribution in [0.1, 0.15) is 24.2 Å². The quantitative estimate of drug-likeness (QED) is 0.577. The van der Waals surface area contributed by atoms with Gasteiger partial charge in [-0.3, -0.25) is 4.79 Å². The third kappa shape index (κ3) is 4.60. The first kappa shape index (κ1) is 15.6. The Morgan fingerprint density at radius 2 is 1.81 bits per heavy atom. The molecule has 0 spiro atoms. The normalized spacial score (nSPS) is 10.7. The van der Waals surface area contributed by atoms with Crippen LogP contribution in [-0.4, -0.2) is 17.6 Å². The molecule has 0 bridgehead atoms. The largest absolute Gasteiger partial charge is 0.490 e. The predicted octanol–water partition coefficient (Wildman–Crippen LogP) is 4.59. The van der Waals surface area contributed by atoms with Crippen molar-refractivity contribution in [1.29, 1.82) is 0 Å². The summed E-state index contributed by atoms with van der Waals surface area (Å²) in [4.78, 5) is 13.2. The molecule has 2 aromatic rings. The highest BCUT2D eigenvalue weighted by Crippen LogP contribution is 2.24. The maximum atomic E-state index is 12.8. The molecule has 0 aliphatic carbocycles. The van der Waals surface area contributed by atoms with Crippen LogP contribution in [0.4, 0.5) is 4.39 Å². The highest BCUT2D eigenvalue weighted by Gasteiger charge is 2.13. The summed E-state index contributed by atoms with van der Waals surface area (Å²) in [6.07, 6.45) is 0.0173. The Labute approximate surface area is 128 Å². The van der Waals surface area contributed by atoms with Gasteiger partial charge in [0.1, 0.15) is 11.6 Å². The zero-order chi connectivity index (χ0) is 15.2. The summed E-state index contributed by atoms with van der Waals surface area (Å²) >= 11 is 1.39. The Balaban J connectivity index is 2.05. The third-order valence-corrected chi connectivity index (χ3v) is 3.75. The van der Waals surface area contributed by atoms with Crippen molar-refractivity contribution in [2.75, 3.05) is 5.75 Å². The number of ketones is 1. The zero-order valence-electron chi connectivity index (χ0n) is 12.0. The molecule has 0 atom stereocenters. The first-order chi connectivity index (χ1) is 10.1. The van der Waals surface area contributed by atoms with Crippen molar-refractivity contribution in [3.8, 4) is 5.75 Å². The minimum absolute atomic E-state index is 0.000532. The standard InChI is InChI=1S/C17H17FO2S/c1-12(2)20-17-6-4-3-5-15(17)16(19)11-21-14-9-7-13(18)8-10-14/h3-10,12H,11H2,1-2H3. The fourth-order valence-corrected chi connectivity index (χ4v) is 2.59. The van der Waals surface area contributed by atoms with E-state index in [4.69, 9.17) is 4.74 Å². The van der Waals surface area contributed by atoms with Crippen molar-refractivity contribution >= 4 is 17.5 Å². The minimum atomic E-state index is -0.277. The van der Waals surface area contributed by atoms with Gasteiger partial charge in [-0.25, -0.2) is 4.39 Å². The molecule has 0 heterocycles. The average molecular weight is 304 g/mol. The number of thioether (sulfide) groups is 1. The van der Waals surface area contributed by atoms with Crippen LogP contribution in [0.2, 0.25) is 0 Å². The van der Waals surface area contributed by atoms with E-state index in [1.54, 1.807) is 24.3 Å². The van der Waals surface area contributed by atoms with E-state index in [9.17, 15) is 9.18 Å². The second kappa shape index (κ2) is 7.27. The SMILES string of the molecule is CC(C)Oc1ccccc1C(=O)CSc1ccc(F)cc1. The first-order valence-corrected chi connectivity index (χ1v) is 7.72. The Morgan fingerprint density at radius 1 is 1.14 bits per heavy atom. The molecule has 2 aromatic carbocycles. The number of halogens is 1. The van der Waals surface area contributed by atoms with Gasteiger partial charge in [-0.15, -0.1) is 11.8 Å². The van der Waals surface area contributed by atoms with Gasteiger partial charge >= 0.3 is 0 Å². The van der Waals surface area contributed by atoms with Crippen molar-refractivity contribution in [2.45, 2.75) is 24.8 Å². The van der Waals surface area contributed by atoms with Crippen LogP contribution in [0.5, 0.6) is 5.75 Å². The number of rotatable bonds is 6. The number of hydrogen-bond donors (Lipinski definition) is 0. The summed E-state index contributed by atoms with van der Waals surface area (Å²) < 4.78 is 18.5. The maximum Gasteiger partial charge on any atom is 0.176 e. The monoisotopic (exact) mass is 304 g/mol. The van der Waals surface area contributed by atoms with Crippen LogP contribution >= 0.6 is 11.8 Å². The number of carbonyl (C=O) groups excluding carboxylic acids is 1. The molecule has 0 unspecified atom stereocenters. The second-order valence-electron chi connectivity index (χ2n) is 4.83. The molecule has 21 heavy (non-hydrogen) atoms. The number of hydrogen-bond acceptors (Lipinski definition) is 3. The summed E-state index contributed by atoms with van der Waals surface area (Å²) in [5.41, 5.74) is 0.584. The number of carbonyl (C=O) groups is 1. The van der Waals surface area contributed by atoms with E-state index in [1.165, 1.54) is 23.9 Å². The average Bonchev–Trinajstić information content (AvgIpc) is 2.46. The lowest BCUT2D eigenvalue weighted by atomic mass is 10.1. The van der Waals surface area contributed by atoms with Gasteiger partial charge in [0.15, 0.2) is 5.78 Å². The molecule has 110 valence electrons. The molecular weight excluding hydrogens is 287 g/mol. The molecule has 0 saturated carbocycles. The highest BCUT2D eigenvalue weighted by atomic mass is 32.2. The Kier molecular flexibility index (Phi) is 5.39. The van der Waals surface area contributed by atoms with Crippen LogP contribution in [0.25, 0.3) is 0 Å². The van der Waals surface area contributed by atoms with E-state index in [1.807, 2.05) is 26.0 Å². The van der Waals surface area contributed by atoms with E-state index in [-0.39, 0.29) is 17.7 Å². The predicted molar refractivity (Wildman–Crippen MR) is 83.7 cm³/mol. The summed E-state index contributed by atoms with van der Waals surface area (Å²) in [5, 5.41) is 0. The molecule has 0 aromatic heterocycles. The number of ether oxygens (including phenoxy) is 1. The molecule has 4 heteroatoms. The van der Waals surface area contributed by atoms with E-state index >= 15 is 0 Å². The Hall–Kier alpha value is -1.81. The molecule has 0 amide bonds. The molecule has 2 nitrogen and oxygen atoms in total. The Bertz CT molecular complexity index is 608. The maximum absolute atomic E-state index is 12.8. The lowest BCUT2D eigenvalue weighted by molar-refractivity contribution is 0.101. The molecule has 0 fully saturated rings. The van der Waals surface area contributed by atoms with E-state index in [2.05, 4.69) is 0 Å². The van der Waals surface area contributed by atoms with Gasteiger partial charge in [0, 0.05) is 4.90 Å². The summed E-state index contributed by atoms with van der Waals surface area (Å²) in [5.74, 6) is 0.628. The van der Waals surface area contributed by atoms with Gasteiger partial charge in [0.25, 0.3) is 0 Å². The van der Waals surface area contributed by atoms with Crippen LogP contribution in [0, 0.1) is 5.82 Å². The lowest BCUT2D eigenvalue weighted by Gasteiger charge is -2.13. The van der Waals surface area contributed by atoms with E-state index in [0.717, 1.165) is 4.90 Å². The molecule has 0 aliphatic heterocycles. The van der Waals surface area contributed by atoms with Crippen LogP contribution in [0.15, 0.2) is 53.4 Å². The molecule has 2 rings (SSSR count). The number of benzene rings is 2. The third-order valence-electron chi connectivity index (χ3n) is 2.73. The van der Waals surface area contributed by atoms with Gasteiger partial charge in [0.05, 0.1) is 17.4 Å².